The van der Waals surface area contributed by atoms with Crippen LogP contribution in [0.1, 0.15) is 92.4 Å². The standard InChI is InChI=1S/C31H49NO13/c1-8-9-10-11-12-13-14-15-16-17-44-29(27(39)43-7)18-28(40,20(3)34)24(32-23(6)37)26(45-29)31(42,22(5)36)30(41,21(4)35)25(38)19(2)33/h8,24-26,38,40-42H,1,9-18H2,2-7H3,(H,32,37)/t24-,25?,26+,28+,29-,30+,31-/m0/s1. The van der Waals surface area contributed by atoms with E-state index in [4.69, 9.17) is 14.2 Å². The zero-order chi connectivity index (χ0) is 34.8. The number of unbranched alkanes of at least 4 members (excludes halogenated alkanes) is 7. The van der Waals surface area contributed by atoms with Crippen LogP contribution in [-0.2, 0) is 43.0 Å². The number of methoxy groups -OCH3 is 1. The number of amides is 1. The molecule has 1 fully saturated rings. The summed E-state index contributed by atoms with van der Waals surface area (Å²) in [4.78, 5) is 77.0. The third-order valence-corrected chi connectivity index (χ3v) is 8.34. The maximum atomic E-state index is 13.3. The molecule has 1 aliphatic heterocycles. The average molecular weight is 644 g/mol. The van der Waals surface area contributed by atoms with Gasteiger partial charge in [0.05, 0.1) is 26.2 Å². The summed E-state index contributed by atoms with van der Waals surface area (Å²) in [6.45, 7) is 7.45. The van der Waals surface area contributed by atoms with Gasteiger partial charge >= 0.3 is 5.97 Å². The van der Waals surface area contributed by atoms with Gasteiger partial charge in [0.1, 0.15) is 6.10 Å². The van der Waals surface area contributed by atoms with Gasteiger partial charge in [-0.25, -0.2) is 4.79 Å². The highest BCUT2D eigenvalue weighted by molar-refractivity contribution is 6.03. The molecule has 0 radical (unpaired) electrons. The summed E-state index contributed by atoms with van der Waals surface area (Å²) < 4.78 is 16.6. The first-order valence-corrected chi connectivity index (χ1v) is 15.0. The number of nitrogens with one attached hydrogen (secondary N) is 1. The number of carbonyl (C=O) groups excluding carboxylic acids is 6. The third-order valence-electron chi connectivity index (χ3n) is 8.34. The van der Waals surface area contributed by atoms with Crippen LogP contribution in [0.2, 0.25) is 0 Å². The molecular formula is C31H49NO13. The van der Waals surface area contributed by atoms with Crippen LogP contribution in [0.4, 0.5) is 0 Å². The van der Waals surface area contributed by atoms with E-state index in [1.54, 1.807) is 0 Å². The van der Waals surface area contributed by atoms with Crippen molar-refractivity contribution in [2.45, 2.75) is 133 Å². The van der Waals surface area contributed by atoms with Crippen LogP contribution in [0.25, 0.3) is 0 Å². The van der Waals surface area contributed by atoms with Crippen molar-refractivity contribution in [2.75, 3.05) is 13.7 Å². The molecule has 5 N–H and O–H groups in total. The maximum Gasteiger partial charge on any atom is 0.366 e. The number of Topliss-reactive ketones (excluding diaryl/α,β-unsaturated/α-hetero) is 4. The van der Waals surface area contributed by atoms with Gasteiger partial charge in [0.2, 0.25) is 5.91 Å². The first-order valence-electron chi connectivity index (χ1n) is 15.0. The SMILES string of the molecule is C=CCCCCCCCCCO[C@@]1(C(=O)OC)C[C@@](O)(C(C)=O)[C@@H](NC(C)=O)[C@H]([C@@](O)(C(C)=O)[C@@](O)(C(C)=O)C(O)C(C)=O)O1. The Kier molecular flexibility index (Phi) is 14.8. The Morgan fingerprint density at radius 1 is 0.956 bits per heavy atom. The van der Waals surface area contributed by atoms with Gasteiger partial charge in [-0.1, -0.05) is 38.2 Å². The lowest BCUT2D eigenvalue weighted by Crippen LogP contribution is -2.83. The van der Waals surface area contributed by atoms with Gasteiger partial charge in [-0.05, 0) is 47.0 Å². The summed E-state index contributed by atoms with van der Waals surface area (Å²) in [5.74, 6) is -10.3. The van der Waals surface area contributed by atoms with Crippen molar-refractivity contribution >= 4 is 35.0 Å². The summed E-state index contributed by atoms with van der Waals surface area (Å²) in [6, 6.07) is -2.13. The fourth-order valence-corrected chi connectivity index (χ4v) is 5.69. The molecule has 14 heteroatoms. The largest absolute Gasteiger partial charge is 0.465 e. The van der Waals surface area contributed by atoms with E-state index < -0.39 is 82.3 Å². The van der Waals surface area contributed by atoms with Crippen LogP contribution in [0.15, 0.2) is 12.7 Å². The normalized spacial score (nSPS) is 26.4. The molecule has 1 amide bonds. The quantitative estimate of drug-likeness (QED) is 0.0688. The van der Waals surface area contributed by atoms with E-state index in [-0.39, 0.29) is 6.61 Å². The zero-order valence-electron chi connectivity index (χ0n) is 27.1. The Morgan fingerprint density at radius 2 is 1.49 bits per heavy atom. The van der Waals surface area contributed by atoms with E-state index >= 15 is 0 Å². The van der Waals surface area contributed by atoms with E-state index in [2.05, 4.69) is 11.9 Å². The lowest BCUT2D eigenvalue weighted by Gasteiger charge is -2.56. The Morgan fingerprint density at radius 3 is 1.91 bits per heavy atom. The van der Waals surface area contributed by atoms with E-state index in [9.17, 15) is 49.2 Å². The minimum Gasteiger partial charge on any atom is -0.465 e. The molecule has 0 aromatic heterocycles. The molecule has 1 saturated heterocycles. The fourth-order valence-electron chi connectivity index (χ4n) is 5.69. The highest BCUT2D eigenvalue weighted by atomic mass is 16.7. The number of carbonyl (C=O) groups is 6. The van der Waals surface area contributed by atoms with Gasteiger partial charge in [0.15, 0.2) is 46.0 Å². The summed E-state index contributed by atoms with van der Waals surface area (Å²) in [7, 11) is 0.938. The third kappa shape index (κ3) is 8.48. The van der Waals surface area contributed by atoms with Gasteiger partial charge in [0.25, 0.3) is 5.79 Å². The molecule has 45 heavy (non-hydrogen) atoms. The molecule has 0 bridgehead atoms. The van der Waals surface area contributed by atoms with Crippen molar-refractivity contribution in [3.05, 3.63) is 12.7 Å². The highest BCUT2D eigenvalue weighted by Gasteiger charge is 2.74. The summed E-state index contributed by atoms with van der Waals surface area (Å²) >= 11 is 0. The number of ether oxygens (including phenoxy) is 3. The maximum absolute atomic E-state index is 13.3. The number of ketones is 4. The summed E-state index contributed by atoms with van der Waals surface area (Å²) in [5, 5.41) is 48.3. The van der Waals surface area contributed by atoms with E-state index in [0.29, 0.717) is 26.7 Å². The van der Waals surface area contributed by atoms with Crippen LogP contribution < -0.4 is 5.32 Å². The number of esters is 1. The molecule has 0 saturated carbocycles. The lowest BCUT2D eigenvalue weighted by molar-refractivity contribution is -0.340. The molecule has 14 nitrogen and oxygen atoms in total. The number of hydrogen-bond acceptors (Lipinski definition) is 13. The molecule has 1 heterocycles. The number of rotatable bonds is 20. The second kappa shape index (κ2) is 16.6. The van der Waals surface area contributed by atoms with Crippen molar-refractivity contribution in [3.8, 4) is 0 Å². The molecule has 0 spiro atoms. The van der Waals surface area contributed by atoms with Crippen molar-refractivity contribution < 1.29 is 63.4 Å². The molecule has 7 atom stereocenters. The Balaban J connectivity index is 3.73. The molecule has 0 aromatic carbocycles. The van der Waals surface area contributed by atoms with Gasteiger partial charge in [-0.3, -0.25) is 24.0 Å². The second-order valence-corrected chi connectivity index (χ2v) is 11.7. The number of hydrogen-bond donors (Lipinski definition) is 5. The minimum absolute atomic E-state index is 0.206. The van der Waals surface area contributed by atoms with Crippen molar-refractivity contribution in [1.82, 2.24) is 5.32 Å². The second-order valence-electron chi connectivity index (χ2n) is 11.7. The molecule has 1 rings (SSSR count). The Hall–Kier alpha value is -2.88. The molecular weight excluding hydrogens is 594 g/mol. The molecule has 256 valence electrons. The van der Waals surface area contributed by atoms with Crippen LogP contribution >= 0.6 is 0 Å². The van der Waals surface area contributed by atoms with Crippen LogP contribution in [-0.4, -0.2) is 110 Å². The predicted octanol–water partition coefficient (Wildman–Crippen LogP) is 0.383. The van der Waals surface area contributed by atoms with Crippen LogP contribution in [0.5, 0.6) is 0 Å². The predicted molar refractivity (Wildman–Crippen MR) is 159 cm³/mol. The van der Waals surface area contributed by atoms with Crippen LogP contribution in [0, 0.1) is 0 Å². The Bertz CT molecular complexity index is 1120. The average Bonchev–Trinajstić information content (AvgIpc) is 2.96. The van der Waals surface area contributed by atoms with Gasteiger partial charge in [0, 0.05) is 6.92 Å². The molecule has 1 unspecified atom stereocenters. The summed E-state index contributed by atoms with van der Waals surface area (Å²) in [6.07, 6.45) is 2.39. The van der Waals surface area contributed by atoms with Gasteiger partial charge < -0.3 is 40.0 Å². The molecule has 0 aromatic rings. The first-order chi connectivity index (χ1) is 20.8. The summed E-state index contributed by atoms with van der Waals surface area (Å²) in [5.41, 5.74) is -10.2. The van der Waals surface area contributed by atoms with E-state index in [1.807, 2.05) is 6.08 Å². The van der Waals surface area contributed by atoms with E-state index in [1.165, 1.54) is 0 Å². The monoisotopic (exact) mass is 643 g/mol. The lowest BCUT2D eigenvalue weighted by atomic mass is 9.64. The van der Waals surface area contributed by atoms with Crippen molar-refractivity contribution in [1.29, 1.82) is 0 Å². The number of allylic oxidation sites excluding steroid dienone is 1. The first kappa shape index (κ1) is 40.1. The fraction of sp³-hybridized carbons (Fsp3) is 0.742. The van der Waals surface area contributed by atoms with Crippen molar-refractivity contribution in [2.24, 2.45) is 0 Å². The van der Waals surface area contributed by atoms with E-state index in [0.717, 1.165) is 66.4 Å². The number of aliphatic hydroxyl groups excluding tert-OH is 1. The molecule has 0 aliphatic carbocycles. The zero-order valence-corrected chi connectivity index (χ0v) is 27.1. The highest BCUT2D eigenvalue weighted by Crippen LogP contribution is 2.46. The van der Waals surface area contributed by atoms with Gasteiger partial charge in [-0.15, -0.1) is 6.58 Å². The smallest absolute Gasteiger partial charge is 0.366 e. The van der Waals surface area contributed by atoms with Gasteiger partial charge in [-0.2, -0.15) is 0 Å². The Labute approximate surface area is 263 Å². The van der Waals surface area contributed by atoms with Crippen LogP contribution in [0.3, 0.4) is 0 Å². The van der Waals surface area contributed by atoms with Crippen molar-refractivity contribution in [3.63, 3.8) is 0 Å². The topological polar surface area (TPSA) is 223 Å². The minimum atomic E-state index is -3.67. The molecule has 1 aliphatic rings. The number of aliphatic hydroxyl groups is 4.